The van der Waals surface area contributed by atoms with Crippen LogP contribution >= 0.6 is 0 Å². The second-order valence-electron chi connectivity index (χ2n) is 2.39. The smallest absolute Gasteiger partial charge is 0.244 e. The summed E-state index contributed by atoms with van der Waals surface area (Å²) >= 11 is 0. The number of anilines is 1. The van der Waals surface area contributed by atoms with Crippen molar-refractivity contribution in [3.05, 3.63) is 30.3 Å². The molecule has 0 spiro atoms. The van der Waals surface area contributed by atoms with Crippen LogP contribution in [0.15, 0.2) is 39.8 Å². The van der Waals surface area contributed by atoms with Gasteiger partial charge < -0.3 is 0 Å². The van der Waals surface area contributed by atoms with Gasteiger partial charge in [0.15, 0.2) is 0 Å². The van der Waals surface area contributed by atoms with Crippen molar-refractivity contribution in [3.63, 3.8) is 0 Å². The molecule has 1 rings (SSSR count). The van der Waals surface area contributed by atoms with Gasteiger partial charge in [0.25, 0.3) is 0 Å². The molecule has 7 heteroatoms. The Balaban J connectivity index is 3.19. The van der Waals surface area contributed by atoms with E-state index in [9.17, 15) is 13.2 Å². The molecule has 0 saturated heterocycles. The molecule has 0 atom stereocenters. The Morgan fingerprint density at radius 2 is 1.87 bits per heavy atom. The molecule has 2 amide bonds. The van der Waals surface area contributed by atoms with E-state index in [4.69, 9.17) is 0 Å². The molecule has 1 aromatic carbocycles. The molecule has 0 fully saturated rings. The molecule has 0 aliphatic rings. The quantitative estimate of drug-likeness (QED) is 0.562. The zero-order valence-electron chi connectivity index (χ0n) is 7.57. The number of hydrogen-bond donors (Lipinski definition) is 0. The maximum Gasteiger partial charge on any atom is 0.369 e. The lowest BCUT2D eigenvalue weighted by atomic mass is 10.3. The second-order valence-corrected chi connectivity index (χ2v) is 2.98. The van der Waals surface area contributed by atoms with Crippen LogP contribution in [0.1, 0.15) is 0 Å². The third kappa shape index (κ3) is 2.99. The lowest BCUT2D eigenvalue weighted by Gasteiger charge is -2.10. The van der Waals surface area contributed by atoms with Gasteiger partial charge in [-0.1, -0.05) is 18.2 Å². The molecule has 1 aromatic rings. The Hall–Kier alpha value is -2.02. The number of benzene rings is 1. The van der Waals surface area contributed by atoms with E-state index < -0.39 is 16.5 Å². The first-order chi connectivity index (χ1) is 7.15. The SMILES string of the molecule is C=NC(=O)N(N=S(=O)=O)c1ccccc1. The predicted molar refractivity (Wildman–Crippen MR) is 55.2 cm³/mol. The molecule has 0 saturated carbocycles. The average molecular weight is 225 g/mol. The molecule has 0 bridgehead atoms. The fraction of sp³-hybridized carbons (Fsp3) is 0. The first-order valence-corrected chi connectivity index (χ1v) is 4.85. The van der Waals surface area contributed by atoms with E-state index in [1.165, 1.54) is 12.1 Å². The van der Waals surface area contributed by atoms with Crippen LogP contribution in [0.3, 0.4) is 0 Å². The highest BCUT2D eigenvalue weighted by Gasteiger charge is 2.13. The number of hydrogen-bond acceptors (Lipinski definition) is 4. The standard InChI is InChI=1S/C8H7N3O3S/c1-9-8(12)11(10-15(13)14)7-5-3-2-4-6-7/h2-6H,1H2. The Morgan fingerprint density at radius 3 is 2.33 bits per heavy atom. The summed E-state index contributed by atoms with van der Waals surface area (Å²) in [5.74, 6) is 0. The molecule has 0 aromatic heterocycles. The minimum Gasteiger partial charge on any atom is -0.244 e. The van der Waals surface area contributed by atoms with Gasteiger partial charge in [-0.05, 0) is 23.3 Å². The number of aliphatic imine (C=N–C) groups is 1. The maximum atomic E-state index is 11.2. The topological polar surface area (TPSA) is 79.2 Å². The van der Waals surface area contributed by atoms with E-state index in [1.807, 2.05) is 0 Å². The van der Waals surface area contributed by atoms with Crippen molar-refractivity contribution >= 4 is 28.9 Å². The van der Waals surface area contributed by atoms with Gasteiger partial charge in [-0.25, -0.2) is 9.79 Å². The fourth-order valence-electron chi connectivity index (χ4n) is 0.895. The summed E-state index contributed by atoms with van der Waals surface area (Å²) in [6.45, 7) is 3.01. The third-order valence-electron chi connectivity index (χ3n) is 1.47. The first-order valence-electron chi connectivity index (χ1n) is 3.82. The van der Waals surface area contributed by atoms with E-state index >= 15 is 0 Å². The highest BCUT2D eigenvalue weighted by molar-refractivity contribution is 7.61. The second kappa shape index (κ2) is 5.01. The van der Waals surface area contributed by atoms with Gasteiger partial charge in [-0.2, -0.15) is 13.4 Å². The van der Waals surface area contributed by atoms with Crippen LogP contribution in [0.2, 0.25) is 0 Å². The summed E-state index contributed by atoms with van der Waals surface area (Å²) in [5.41, 5.74) is 0.305. The van der Waals surface area contributed by atoms with Crippen LogP contribution in [0.25, 0.3) is 0 Å². The minimum absolute atomic E-state index is 0.305. The molecule has 6 nitrogen and oxygen atoms in total. The van der Waals surface area contributed by atoms with Gasteiger partial charge in [0, 0.05) is 0 Å². The van der Waals surface area contributed by atoms with Crippen LogP contribution in [-0.2, 0) is 10.5 Å². The van der Waals surface area contributed by atoms with Crippen LogP contribution < -0.4 is 5.01 Å². The Labute approximate surface area is 87.5 Å². The lowest BCUT2D eigenvalue weighted by molar-refractivity contribution is 0.254. The summed E-state index contributed by atoms with van der Waals surface area (Å²) < 4.78 is 23.8. The summed E-state index contributed by atoms with van der Waals surface area (Å²) in [6.07, 6.45) is 0. The monoisotopic (exact) mass is 225 g/mol. The molecule has 0 aliphatic carbocycles. The fourth-order valence-corrected chi connectivity index (χ4v) is 1.19. The van der Waals surface area contributed by atoms with E-state index in [-0.39, 0.29) is 0 Å². The highest BCUT2D eigenvalue weighted by atomic mass is 32.2. The zero-order chi connectivity index (χ0) is 11.3. The molecule has 0 aliphatic heterocycles. The molecular formula is C8H7N3O3S. The van der Waals surface area contributed by atoms with E-state index in [2.05, 4.69) is 16.2 Å². The predicted octanol–water partition coefficient (Wildman–Crippen LogP) is 1.29. The van der Waals surface area contributed by atoms with Crippen molar-refractivity contribution in [2.45, 2.75) is 0 Å². The highest BCUT2D eigenvalue weighted by Crippen LogP contribution is 2.14. The van der Waals surface area contributed by atoms with Crippen molar-refractivity contribution in [2.24, 2.45) is 9.46 Å². The van der Waals surface area contributed by atoms with E-state index in [0.717, 1.165) is 0 Å². The molecule has 0 N–H and O–H groups in total. The van der Waals surface area contributed by atoms with Gasteiger partial charge in [-0.15, -0.1) is 0 Å². The summed E-state index contributed by atoms with van der Waals surface area (Å²) in [4.78, 5) is 14.3. The molecule has 0 heterocycles. The van der Waals surface area contributed by atoms with Gasteiger partial charge in [-0.3, -0.25) is 0 Å². The largest absolute Gasteiger partial charge is 0.369 e. The van der Waals surface area contributed by atoms with Crippen molar-refractivity contribution in [2.75, 3.05) is 5.01 Å². The molecule has 0 unspecified atom stereocenters. The minimum atomic E-state index is -2.73. The number of carbonyl (C=O) groups excluding carboxylic acids is 1. The Morgan fingerprint density at radius 1 is 1.27 bits per heavy atom. The van der Waals surface area contributed by atoms with E-state index in [1.54, 1.807) is 18.2 Å². The zero-order valence-corrected chi connectivity index (χ0v) is 8.38. The number of para-hydroxylation sites is 1. The van der Waals surface area contributed by atoms with Crippen molar-refractivity contribution in [3.8, 4) is 0 Å². The molecule has 0 radical (unpaired) electrons. The molecular weight excluding hydrogens is 218 g/mol. The molecule has 15 heavy (non-hydrogen) atoms. The Kier molecular flexibility index (Phi) is 3.69. The summed E-state index contributed by atoms with van der Waals surface area (Å²) in [5, 5.41) is 0.649. The molecule has 78 valence electrons. The average Bonchev–Trinajstić information content (AvgIpc) is 2.26. The number of rotatable bonds is 2. The number of amides is 2. The normalized spacial score (nSPS) is 9.07. The maximum absolute atomic E-state index is 11.2. The van der Waals surface area contributed by atoms with Crippen LogP contribution in [0.5, 0.6) is 0 Å². The van der Waals surface area contributed by atoms with Crippen LogP contribution in [0.4, 0.5) is 10.5 Å². The van der Waals surface area contributed by atoms with Gasteiger partial charge >= 0.3 is 16.5 Å². The van der Waals surface area contributed by atoms with Crippen molar-refractivity contribution < 1.29 is 13.2 Å². The number of nitrogens with zero attached hydrogens (tertiary/aromatic N) is 3. The Bertz CT molecular complexity index is 487. The van der Waals surface area contributed by atoms with Gasteiger partial charge in [0.1, 0.15) is 0 Å². The van der Waals surface area contributed by atoms with Crippen molar-refractivity contribution in [1.82, 2.24) is 0 Å². The van der Waals surface area contributed by atoms with Gasteiger partial charge in [0.2, 0.25) is 0 Å². The van der Waals surface area contributed by atoms with Crippen LogP contribution in [0, 0.1) is 0 Å². The summed E-state index contributed by atoms with van der Waals surface area (Å²) in [7, 11) is -2.73. The van der Waals surface area contributed by atoms with Crippen LogP contribution in [-0.4, -0.2) is 21.2 Å². The van der Waals surface area contributed by atoms with Crippen molar-refractivity contribution in [1.29, 1.82) is 0 Å². The third-order valence-corrected chi connectivity index (χ3v) is 1.76. The first kappa shape index (κ1) is 11.1. The lowest BCUT2D eigenvalue weighted by Crippen LogP contribution is -2.21. The van der Waals surface area contributed by atoms with Gasteiger partial charge in [0.05, 0.1) is 5.69 Å². The van der Waals surface area contributed by atoms with E-state index in [0.29, 0.717) is 10.7 Å². The number of carbonyl (C=O) groups is 1. The number of urea groups is 1. The summed E-state index contributed by atoms with van der Waals surface area (Å²) in [6, 6.07) is 7.20.